The maximum atomic E-state index is 16.1. The fourth-order valence-corrected chi connectivity index (χ4v) is 14.1. The number of nitrogens with zero attached hydrogens (tertiary/aromatic N) is 11. The highest BCUT2D eigenvalue weighted by Crippen LogP contribution is 2.38. The van der Waals surface area contributed by atoms with Crippen LogP contribution in [0.15, 0.2) is 150 Å². The van der Waals surface area contributed by atoms with Gasteiger partial charge in [-0.15, -0.1) is 0 Å². The molecule has 21 nitrogen and oxygen atoms in total. The molecule has 105 heavy (non-hydrogen) atoms. The minimum Gasteiger partial charge on any atom is -0.387 e. The minimum atomic E-state index is -1.67. The number of nitrogens with one attached hydrogen (secondary N) is 2. The van der Waals surface area contributed by atoms with Gasteiger partial charge in [0.15, 0.2) is 18.9 Å². The van der Waals surface area contributed by atoms with Crippen LogP contribution in [-0.2, 0) is 25.4 Å². The molecule has 2 amide bonds. The van der Waals surface area contributed by atoms with Crippen molar-refractivity contribution in [3.8, 4) is 33.4 Å². The van der Waals surface area contributed by atoms with Crippen LogP contribution in [0.2, 0.25) is 0 Å². The third kappa shape index (κ3) is 21.7. The Balaban J connectivity index is 0.838. The average Bonchev–Trinajstić information content (AvgIpc) is 1.79. The summed E-state index contributed by atoms with van der Waals surface area (Å²) < 4.78 is 36.6. The number of carbonyl (C=O) groups is 6. The fourth-order valence-electron chi connectivity index (χ4n) is 12.0. The summed E-state index contributed by atoms with van der Waals surface area (Å²) in [5.74, 6) is 1.96. The molecule has 0 saturated carbocycles. The zero-order valence-electron chi connectivity index (χ0n) is 60.8. The number of hydrogen-bond acceptors (Lipinski definition) is 20. The maximum Gasteiger partial charge on any atom is 0.250 e. The second-order valence-corrected chi connectivity index (χ2v) is 28.8. The van der Waals surface area contributed by atoms with Gasteiger partial charge in [-0.25, -0.2) is 23.6 Å². The van der Waals surface area contributed by atoms with E-state index in [2.05, 4.69) is 36.0 Å². The molecule has 1 atom stereocenters. The van der Waals surface area contributed by atoms with E-state index in [1.807, 2.05) is 117 Å². The van der Waals surface area contributed by atoms with E-state index < -0.39 is 16.8 Å². The number of thioether (sulfide) groups is 1. The van der Waals surface area contributed by atoms with Crippen LogP contribution in [0.1, 0.15) is 144 Å². The molecule has 6 aromatic rings. The van der Waals surface area contributed by atoms with Crippen LogP contribution in [-0.4, -0.2) is 193 Å². The van der Waals surface area contributed by atoms with Crippen LogP contribution in [0.25, 0.3) is 51.6 Å². The van der Waals surface area contributed by atoms with Gasteiger partial charge in [0.2, 0.25) is 11.8 Å². The Hall–Kier alpha value is -10.2. The van der Waals surface area contributed by atoms with Gasteiger partial charge in [0, 0.05) is 159 Å². The number of aliphatic imine (C=N–C) groups is 3. The van der Waals surface area contributed by atoms with Crippen molar-refractivity contribution >= 4 is 143 Å². The highest BCUT2D eigenvalue weighted by Gasteiger charge is 2.26. The summed E-state index contributed by atoms with van der Waals surface area (Å²) in [6, 6.07) is 30.8. The van der Waals surface area contributed by atoms with Gasteiger partial charge in [-0.05, 0) is 150 Å². The first-order valence-corrected chi connectivity index (χ1v) is 38.9. The molecular weight excluding hydrogens is 1380 g/mol. The van der Waals surface area contributed by atoms with Gasteiger partial charge < -0.3 is 25.3 Å². The number of carbonyl (C=O) groups excluding carboxylic acids is 6. The normalized spacial score (nSPS) is 13.6. The molecule has 0 aliphatic carbocycles. The van der Waals surface area contributed by atoms with E-state index in [0.717, 1.165) is 103 Å². The van der Waals surface area contributed by atoms with Crippen molar-refractivity contribution in [1.82, 2.24) is 34.3 Å². The van der Waals surface area contributed by atoms with Gasteiger partial charge in [0.25, 0.3) is 0 Å². The van der Waals surface area contributed by atoms with E-state index in [0.29, 0.717) is 128 Å². The number of hydrazone groups is 3. The number of fused-ring (bicyclic) bond motifs is 3. The SMILES string of the molecule is CCCN(CCC)C(=O)C1=Cc2c(F)cc(-c3ccc(C=O)c(/C=N\N(C)CCSNC4=Nc5cc(-c6ccc(C=O)c(/C=N\N(C)CCS(=O)NC7=Nc8cc(-c9ccc(C=O)c(/C=N\N(C)CCCSC)c9)ccc8C=C(C(=O)N(CCC)CCC)C7)c6)ccc5C=C(C=O)C4)c3)cc2N=C(N)C1. The van der Waals surface area contributed by atoms with E-state index in [1.165, 1.54) is 18.0 Å². The van der Waals surface area contributed by atoms with E-state index in [1.54, 1.807) is 102 Å². The predicted octanol–water partition coefficient (Wildman–Crippen LogP) is 13.6. The zero-order chi connectivity index (χ0) is 74.9. The van der Waals surface area contributed by atoms with Crippen LogP contribution >= 0.6 is 23.7 Å². The van der Waals surface area contributed by atoms with E-state index in [9.17, 15) is 33.0 Å². The van der Waals surface area contributed by atoms with Gasteiger partial charge in [-0.1, -0.05) is 88.4 Å². The molecule has 6 aromatic carbocycles. The molecule has 3 aliphatic heterocycles. The highest BCUT2D eigenvalue weighted by molar-refractivity contribution is 7.98. The van der Waals surface area contributed by atoms with E-state index >= 15 is 4.39 Å². The second-order valence-electron chi connectivity index (χ2n) is 25.7. The molecule has 0 aromatic heterocycles. The lowest BCUT2D eigenvalue weighted by atomic mass is 9.97. The first kappa shape index (κ1) is 78.9. The first-order valence-electron chi connectivity index (χ1n) is 35.2. The largest absolute Gasteiger partial charge is 0.387 e. The highest BCUT2D eigenvalue weighted by atomic mass is 32.2. The van der Waals surface area contributed by atoms with Crippen LogP contribution < -0.4 is 15.2 Å². The van der Waals surface area contributed by atoms with Crippen molar-refractivity contribution in [2.24, 2.45) is 36.0 Å². The summed E-state index contributed by atoms with van der Waals surface area (Å²) in [5, 5.41) is 19.1. The van der Waals surface area contributed by atoms with Gasteiger partial charge in [0.1, 0.15) is 40.6 Å². The topological polar surface area (TPSA) is 260 Å². The summed E-state index contributed by atoms with van der Waals surface area (Å²) in [7, 11) is 3.79. The third-order valence-electron chi connectivity index (χ3n) is 17.5. The minimum absolute atomic E-state index is 0.0916. The van der Waals surface area contributed by atoms with Crippen LogP contribution in [0.3, 0.4) is 0 Å². The standard InChI is InChI=1S/C80H91FN14O7S3/c1-9-24-94(25-10-2)79(100)66-39-61-20-15-59(56-17-21-62(51-97)68(36-56)47-83-91(5)28-13-31-103-8)43-74(61)88-78(46-66)90-105(102)33-30-93(7)85-49-69-37-55(16-22-63(69)52-98)58-14-19-60-34-54(50-96)35-77(87-73(60)42-58)89-104-32-29-92(6)84-48-70-38-57(18-23-64(70)53-99)65-41-72(81)71-40-67(45-76(82)86-75(71)44-65)80(101)95(26-11-3)27-12-4/h14-23,34,36-44,47-53H,9-13,24-33,35,45-46H2,1-8H3,(H2,82,86)(H,87,89)(H,88,90)/b83-47-,84-48-,85-49-. The Bertz CT molecular complexity index is 4510. The summed E-state index contributed by atoms with van der Waals surface area (Å²) in [4.78, 5) is 95.2. The van der Waals surface area contributed by atoms with Gasteiger partial charge in [-0.2, -0.15) is 27.1 Å². The monoisotopic (exact) mass is 1470 g/mol. The Morgan fingerprint density at radius 2 is 0.990 bits per heavy atom. The van der Waals surface area contributed by atoms with Crippen LogP contribution in [0.4, 0.5) is 21.5 Å². The van der Waals surface area contributed by atoms with E-state index in [4.69, 9.17) is 15.7 Å². The fraction of sp³-hybridized carbons (Fsp3) is 0.325. The number of nitrogens with two attached hydrogens (primary N) is 1. The predicted molar refractivity (Wildman–Crippen MR) is 431 cm³/mol. The summed E-state index contributed by atoms with van der Waals surface area (Å²) >= 11 is 3.17. The number of rotatable bonds is 35. The number of aldehydes is 4. The smallest absolute Gasteiger partial charge is 0.250 e. The van der Waals surface area contributed by atoms with Crippen molar-refractivity contribution < 1.29 is 37.4 Å². The van der Waals surface area contributed by atoms with Crippen LogP contribution in [0, 0.1) is 5.82 Å². The maximum absolute atomic E-state index is 16.1. The van der Waals surface area contributed by atoms with Gasteiger partial charge in [0.05, 0.1) is 41.5 Å². The average molecular weight is 1480 g/mol. The summed E-state index contributed by atoms with van der Waals surface area (Å²) in [6.07, 6.45) is 19.9. The molecule has 0 bridgehead atoms. The zero-order valence-corrected chi connectivity index (χ0v) is 63.2. The molecule has 3 heterocycles. The molecule has 1 unspecified atom stereocenters. The molecule has 0 fully saturated rings. The third-order valence-corrected chi connectivity index (χ3v) is 20.0. The lowest BCUT2D eigenvalue weighted by Crippen LogP contribution is -2.36. The Labute approximate surface area is 625 Å². The van der Waals surface area contributed by atoms with Crippen LogP contribution in [0.5, 0.6) is 0 Å². The number of amidine groups is 3. The molecule has 3 aliphatic rings. The number of halogens is 1. The van der Waals surface area contributed by atoms with Crippen molar-refractivity contribution in [3.63, 3.8) is 0 Å². The molecular formula is C80H91FN14O7S3. The number of amides is 2. The van der Waals surface area contributed by atoms with Crippen molar-refractivity contribution in [1.29, 1.82) is 0 Å². The Kier molecular flexibility index (Phi) is 29.3. The number of hydrogen-bond donors (Lipinski definition) is 3. The molecule has 4 N–H and O–H groups in total. The first-order chi connectivity index (χ1) is 50.9. The summed E-state index contributed by atoms with van der Waals surface area (Å²) in [5.41, 5.74) is 18.3. The molecule has 0 saturated heterocycles. The van der Waals surface area contributed by atoms with Gasteiger partial charge >= 0.3 is 0 Å². The molecule has 25 heteroatoms. The molecule has 9 rings (SSSR count). The van der Waals surface area contributed by atoms with Crippen molar-refractivity contribution in [3.05, 3.63) is 176 Å². The van der Waals surface area contributed by atoms with Crippen molar-refractivity contribution in [2.75, 3.05) is 90.5 Å². The molecule has 0 radical (unpaired) electrons. The summed E-state index contributed by atoms with van der Waals surface area (Å²) in [6.45, 7) is 11.9. The van der Waals surface area contributed by atoms with Gasteiger partial charge in [-0.3, -0.25) is 43.5 Å². The lowest BCUT2D eigenvalue weighted by molar-refractivity contribution is -0.128. The number of benzene rings is 6. The quantitative estimate of drug-likeness (QED) is 0.0110. The Morgan fingerprint density at radius 3 is 1.50 bits per heavy atom. The van der Waals surface area contributed by atoms with Crippen molar-refractivity contribution in [2.45, 2.75) is 79.1 Å². The molecule has 548 valence electrons. The molecule has 0 spiro atoms. The van der Waals surface area contributed by atoms with E-state index in [-0.39, 0.29) is 54.8 Å². The lowest BCUT2D eigenvalue weighted by Gasteiger charge is -2.23. The second kappa shape index (κ2) is 39.0. The Morgan fingerprint density at radius 1 is 0.524 bits per heavy atom.